The Hall–Kier alpha value is -2.37. The van der Waals surface area contributed by atoms with Gasteiger partial charge in [0.25, 0.3) is 0 Å². The molecule has 1 aromatic rings. The molecule has 0 aromatic heterocycles. The van der Waals surface area contributed by atoms with Gasteiger partial charge in [0.05, 0.1) is 0 Å². The van der Waals surface area contributed by atoms with Gasteiger partial charge in [-0.05, 0) is 24.8 Å². The number of rotatable bonds is 18. The minimum atomic E-state index is -0.727. The minimum Gasteiger partial charge on any atom is -0.370 e. The minimum absolute atomic E-state index is 0.0646. The van der Waals surface area contributed by atoms with Crippen LogP contribution in [0.3, 0.4) is 0 Å². The van der Waals surface area contributed by atoms with Crippen LogP contribution < -0.4 is 16.4 Å². The van der Waals surface area contributed by atoms with Gasteiger partial charge in [-0.15, -0.1) is 0 Å². The summed E-state index contributed by atoms with van der Waals surface area (Å²) in [6.45, 7) is 2.70. The van der Waals surface area contributed by atoms with E-state index in [9.17, 15) is 14.4 Å². The molecular weight excluding hydrogens is 390 g/mol. The number of hydrogen-bond donors (Lipinski definition) is 3. The first-order valence-electron chi connectivity index (χ1n) is 11.9. The molecule has 0 heterocycles. The van der Waals surface area contributed by atoms with Gasteiger partial charge in [0.15, 0.2) is 0 Å². The largest absolute Gasteiger partial charge is 0.370 e. The van der Waals surface area contributed by atoms with Crippen LogP contribution in [0.25, 0.3) is 0 Å². The van der Waals surface area contributed by atoms with Crippen LogP contribution in [-0.4, -0.2) is 30.3 Å². The van der Waals surface area contributed by atoms with E-state index in [1.54, 1.807) is 0 Å². The molecule has 0 radical (unpaired) electrons. The van der Waals surface area contributed by atoms with Gasteiger partial charge < -0.3 is 16.4 Å². The first-order valence-corrected chi connectivity index (χ1v) is 11.9. The van der Waals surface area contributed by atoms with Crippen molar-refractivity contribution in [2.24, 2.45) is 5.73 Å². The summed E-state index contributed by atoms with van der Waals surface area (Å²) in [5, 5.41) is 5.65. The Kier molecular flexibility index (Phi) is 14.9. The molecule has 0 saturated heterocycles. The van der Waals surface area contributed by atoms with Gasteiger partial charge in [0.2, 0.25) is 17.7 Å². The molecule has 3 amide bonds. The summed E-state index contributed by atoms with van der Waals surface area (Å²) >= 11 is 0. The second-order valence-electron chi connectivity index (χ2n) is 8.23. The summed E-state index contributed by atoms with van der Waals surface area (Å²) in [6.07, 6.45) is 12.1. The molecule has 4 N–H and O–H groups in total. The van der Waals surface area contributed by atoms with Crippen LogP contribution in [0.2, 0.25) is 0 Å². The highest BCUT2D eigenvalue weighted by atomic mass is 16.2. The maximum Gasteiger partial charge on any atom is 0.242 e. The quantitative estimate of drug-likeness (QED) is 0.306. The molecule has 0 saturated carbocycles. The SMILES string of the molecule is CCCCCCCCCCCC(=O)N[C@H](CCC(N)=O)C(=O)NCCc1ccccc1. The summed E-state index contributed by atoms with van der Waals surface area (Å²) < 4.78 is 0. The van der Waals surface area contributed by atoms with Crippen LogP contribution in [0.5, 0.6) is 0 Å². The predicted molar refractivity (Wildman–Crippen MR) is 125 cm³/mol. The van der Waals surface area contributed by atoms with E-state index in [0.717, 1.165) is 24.8 Å². The molecule has 6 nitrogen and oxygen atoms in total. The first kappa shape index (κ1) is 26.7. The number of carbonyl (C=O) groups excluding carboxylic acids is 3. The van der Waals surface area contributed by atoms with Gasteiger partial charge in [-0.1, -0.05) is 88.6 Å². The van der Waals surface area contributed by atoms with Crippen molar-refractivity contribution in [2.75, 3.05) is 6.54 Å². The lowest BCUT2D eigenvalue weighted by Gasteiger charge is -2.18. The Morgan fingerprint density at radius 2 is 1.48 bits per heavy atom. The maximum atomic E-state index is 12.5. The zero-order chi connectivity index (χ0) is 22.7. The number of nitrogens with two attached hydrogens (primary N) is 1. The Balaban J connectivity index is 2.29. The molecule has 31 heavy (non-hydrogen) atoms. The third-order valence-corrected chi connectivity index (χ3v) is 5.39. The van der Waals surface area contributed by atoms with Crippen LogP contribution in [-0.2, 0) is 20.8 Å². The van der Waals surface area contributed by atoms with Gasteiger partial charge in [-0.3, -0.25) is 14.4 Å². The zero-order valence-corrected chi connectivity index (χ0v) is 19.2. The average molecular weight is 432 g/mol. The van der Waals surface area contributed by atoms with Crippen LogP contribution in [0.1, 0.15) is 89.5 Å². The van der Waals surface area contributed by atoms with E-state index in [-0.39, 0.29) is 24.7 Å². The highest BCUT2D eigenvalue weighted by molar-refractivity contribution is 5.88. The summed E-state index contributed by atoms with van der Waals surface area (Å²) in [6, 6.07) is 9.15. The summed E-state index contributed by atoms with van der Waals surface area (Å²) in [4.78, 5) is 36.0. The summed E-state index contributed by atoms with van der Waals surface area (Å²) in [5.41, 5.74) is 6.36. The van der Waals surface area contributed by atoms with Crippen LogP contribution in [0, 0.1) is 0 Å². The van der Waals surface area contributed by atoms with E-state index in [4.69, 9.17) is 5.73 Å². The highest BCUT2D eigenvalue weighted by Crippen LogP contribution is 2.10. The van der Waals surface area contributed by atoms with Crippen molar-refractivity contribution >= 4 is 17.7 Å². The lowest BCUT2D eigenvalue weighted by atomic mass is 10.1. The topological polar surface area (TPSA) is 101 Å². The number of benzene rings is 1. The van der Waals surface area contributed by atoms with Crippen molar-refractivity contribution in [1.29, 1.82) is 0 Å². The molecule has 0 spiro atoms. The van der Waals surface area contributed by atoms with E-state index in [1.807, 2.05) is 30.3 Å². The van der Waals surface area contributed by atoms with E-state index in [2.05, 4.69) is 17.6 Å². The molecule has 0 aliphatic rings. The van der Waals surface area contributed by atoms with Gasteiger partial charge in [0.1, 0.15) is 6.04 Å². The van der Waals surface area contributed by atoms with Crippen LogP contribution >= 0.6 is 0 Å². The molecule has 1 aromatic carbocycles. The number of primary amides is 1. The lowest BCUT2D eigenvalue weighted by molar-refractivity contribution is -0.129. The normalized spacial score (nSPS) is 11.6. The Bertz CT molecular complexity index is 634. The fourth-order valence-corrected chi connectivity index (χ4v) is 3.52. The monoisotopic (exact) mass is 431 g/mol. The third-order valence-electron chi connectivity index (χ3n) is 5.39. The smallest absolute Gasteiger partial charge is 0.242 e. The van der Waals surface area contributed by atoms with Crippen molar-refractivity contribution in [1.82, 2.24) is 10.6 Å². The summed E-state index contributed by atoms with van der Waals surface area (Å²) in [5.74, 6) is -0.886. The number of amides is 3. The van der Waals surface area contributed by atoms with Gasteiger partial charge in [-0.2, -0.15) is 0 Å². The number of carbonyl (C=O) groups is 3. The number of hydrogen-bond acceptors (Lipinski definition) is 3. The number of nitrogens with one attached hydrogen (secondary N) is 2. The Labute approximate surface area is 187 Å². The number of unbranched alkanes of at least 4 members (excludes halogenated alkanes) is 8. The average Bonchev–Trinajstić information content (AvgIpc) is 2.76. The molecule has 1 rings (SSSR count). The van der Waals surface area contributed by atoms with Crippen molar-refractivity contribution in [3.63, 3.8) is 0 Å². The summed E-state index contributed by atoms with van der Waals surface area (Å²) in [7, 11) is 0. The lowest BCUT2D eigenvalue weighted by Crippen LogP contribution is -2.47. The standard InChI is InChI=1S/C25H41N3O3/c1-2-3-4-5-6-7-8-9-13-16-24(30)28-22(17-18-23(26)29)25(31)27-20-19-21-14-11-10-12-15-21/h10-12,14-15,22H,2-9,13,16-20H2,1H3,(H2,26,29)(H,27,31)(H,28,30)/t22-/m1/s1. The maximum absolute atomic E-state index is 12.5. The van der Waals surface area contributed by atoms with E-state index in [0.29, 0.717) is 19.4 Å². The van der Waals surface area contributed by atoms with Gasteiger partial charge >= 0.3 is 0 Å². The van der Waals surface area contributed by atoms with Gasteiger partial charge in [-0.25, -0.2) is 0 Å². The fraction of sp³-hybridized carbons (Fsp3) is 0.640. The van der Waals surface area contributed by atoms with Crippen molar-refractivity contribution in [2.45, 2.75) is 96.4 Å². The van der Waals surface area contributed by atoms with E-state index in [1.165, 1.54) is 38.5 Å². The predicted octanol–water partition coefficient (Wildman–Crippen LogP) is 4.02. The molecule has 6 heteroatoms. The first-order chi connectivity index (χ1) is 15.0. The second kappa shape index (κ2) is 17.3. The Morgan fingerprint density at radius 3 is 2.10 bits per heavy atom. The van der Waals surface area contributed by atoms with Gasteiger partial charge in [0, 0.05) is 19.4 Å². The molecular formula is C25H41N3O3. The third kappa shape index (κ3) is 14.3. The van der Waals surface area contributed by atoms with Crippen molar-refractivity contribution < 1.29 is 14.4 Å². The van der Waals surface area contributed by atoms with E-state index < -0.39 is 11.9 Å². The van der Waals surface area contributed by atoms with Crippen molar-refractivity contribution in [3.05, 3.63) is 35.9 Å². The van der Waals surface area contributed by atoms with Crippen LogP contribution in [0.4, 0.5) is 0 Å². The fourth-order valence-electron chi connectivity index (χ4n) is 3.52. The molecule has 0 bridgehead atoms. The molecule has 0 unspecified atom stereocenters. The molecule has 174 valence electrons. The van der Waals surface area contributed by atoms with Crippen LogP contribution in [0.15, 0.2) is 30.3 Å². The second-order valence-corrected chi connectivity index (χ2v) is 8.23. The zero-order valence-electron chi connectivity index (χ0n) is 19.2. The highest BCUT2D eigenvalue weighted by Gasteiger charge is 2.20. The Morgan fingerprint density at radius 1 is 0.871 bits per heavy atom. The molecule has 0 fully saturated rings. The molecule has 1 atom stereocenters. The van der Waals surface area contributed by atoms with E-state index >= 15 is 0 Å². The van der Waals surface area contributed by atoms with Crippen molar-refractivity contribution in [3.8, 4) is 0 Å². The molecule has 0 aliphatic carbocycles. The molecule has 0 aliphatic heterocycles.